The van der Waals surface area contributed by atoms with Crippen molar-refractivity contribution in [3.63, 3.8) is 0 Å². The lowest BCUT2D eigenvalue weighted by Gasteiger charge is -2.25. The lowest BCUT2D eigenvalue weighted by Crippen LogP contribution is -2.42. The molecule has 1 atom stereocenters. The molecule has 0 aliphatic heterocycles. The van der Waals surface area contributed by atoms with Crippen molar-refractivity contribution in [2.75, 3.05) is 13.2 Å². The Morgan fingerprint density at radius 2 is 2.00 bits per heavy atom. The Balaban J connectivity index is 1.88. The van der Waals surface area contributed by atoms with E-state index in [-0.39, 0.29) is 24.1 Å². The van der Waals surface area contributed by atoms with Crippen LogP contribution in [-0.2, 0) is 0 Å². The summed E-state index contributed by atoms with van der Waals surface area (Å²) in [6, 6.07) is 10.1. The zero-order valence-electron chi connectivity index (χ0n) is 12.9. The minimum atomic E-state index is -0.123. The van der Waals surface area contributed by atoms with Crippen LogP contribution in [0.4, 0.5) is 4.79 Å². The van der Waals surface area contributed by atoms with Crippen molar-refractivity contribution in [2.24, 2.45) is 11.3 Å². The van der Waals surface area contributed by atoms with Gasteiger partial charge in [0, 0.05) is 13.2 Å². The maximum atomic E-state index is 12.1. The van der Waals surface area contributed by atoms with Crippen LogP contribution < -0.4 is 10.6 Å². The molecule has 0 spiro atoms. The number of nitrogens with one attached hydrogen (secondary N) is 2. The molecule has 3 N–H and O–H groups in total. The molecule has 0 saturated heterocycles. The van der Waals surface area contributed by atoms with Gasteiger partial charge in [0.2, 0.25) is 0 Å². The third-order valence-corrected chi connectivity index (χ3v) is 4.05. The first kappa shape index (κ1) is 15.8. The SMILES string of the molecule is CC(C)(CCO)CNC(=O)NC(c1ccccc1)C1CC1. The van der Waals surface area contributed by atoms with Crippen molar-refractivity contribution < 1.29 is 9.90 Å². The molecule has 2 rings (SSSR count). The average molecular weight is 290 g/mol. The summed E-state index contributed by atoms with van der Waals surface area (Å²) < 4.78 is 0. The van der Waals surface area contributed by atoms with Gasteiger partial charge in [-0.05, 0) is 36.2 Å². The van der Waals surface area contributed by atoms with Crippen molar-refractivity contribution in [3.05, 3.63) is 35.9 Å². The molecule has 2 amide bonds. The fourth-order valence-electron chi connectivity index (χ4n) is 2.47. The molecule has 1 unspecified atom stereocenters. The zero-order chi connectivity index (χ0) is 15.3. The molecule has 1 aromatic carbocycles. The number of aliphatic hydroxyl groups is 1. The molecule has 1 aliphatic carbocycles. The molecule has 0 radical (unpaired) electrons. The van der Waals surface area contributed by atoms with E-state index in [0.717, 1.165) is 0 Å². The van der Waals surface area contributed by atoms with Crippen LogP contribution in [0.3, 0.4) is 0 Å². The van der Waals surface area contributed by atoms with Gasteiger partial charge in [-0.1, -0.05) is 44.2 Å². The van der Waals surface area contributed by atoms with Gasteiger partial charge < -0.3 is 15.7 Å². The van der Waals surface area contributed by atoms with E-state index in [4.69, 9.17) is 5.11 Å². The van der Waals surface area contributed by atoms with Gasteiger partial charge in [0.05, 0.1) is 6.04 Å². The Labute approximate surface area is 126 Å². The van der Waals surface area contributed by atoms with Crippen LogP contribution in [0.2, 0.25) is 0 Å². The van der Waals surface area contributed by atoms with E-state index >= 15 is 0 Å². The van der Waals surface area contributed by atoms with Crippen LogP contribution in [-0.4, -0.2) is 24.3 Å². The van der Waals surface area contributed by atoms with Crippen LogP contribution >= 0.6 is 0 Å². The van der Waals surface area contributed by atoms with E-state index in [9.17, 15) is 4.79 Å². The molecule has 1 fully saturated rings. The Morgan fingerprint density at radius 1 is 1.33 bits per heavy atom. The van der Waals surface area contributed by atoms with Gasteiger partial charge in [-0.25, -0.2) is 4.79 Å². The van der Waals surface area contributed by atoms with Gasteiger partial charge in [-0.2, -0.15) is 0 Å². The maximum Gasteiger partial charge on any atom is 0.315 e. The largest absolute Gasteiger partial charge is 0.396 e. The second-order valence-electron chi connectivity index (χ2n) is 6.69. The monoisotopic (exact) mass is 290 g/mol. The minimum absolute atomic E-state index is 0.0894. The average Bonchev–Trinajstić information content (AvgIpc) is 3.28. The smallest absolute Gasteiger partial charge is 0.315 e. The van der Waals surface area contributed by atoms with Crippen molar-refractivity contribution >= 4 is 6.03 Å². The van der Waals surface area contributed by atoms with Crippen LogP contribution in [0.15, 0.2) is 30.3 Å². The number of aliphatic hydroxyl groups excluding tert-OH is 1. The number of hydrogen-bond donors (Lipinski definition) is 3. The molecule has 0 aromatic heterocycles. The summed E-state index contributed by atoms with van der Waals surface area (Å²) in [6.45, 7) is 4.79. The molecular formula is C17H26N2O2. The summed E-state index contributed by atoms with van der Waals surface area (Å²) in [6.07, 6.45) is 3.03. The number of hydrogen-bond acceptors (Lipinski definition) is 2. The number of carbonyl (C=O) groups excluding carboxylic acids is 1. The maximum absolute atomic E-state index is 12.1. The Bertz CT molecular complexity index is 455. The predicted molar refractivity (Wildman–Crippen MR) is 83.9 cm³/mol. The summed E-state index contributed by atoms with van der Waals surface area (Å²) in [5, 5.41) is 15.0. The fourth-order valence-corrected chi connectivity index (χ4v) is 2.47. The highest BCUT2D eigenvalue weighted by Crippen LogP contribution is 2.40. The summed E-state index contributed by atoms with van der Waals surface area (Å²) in [5.41, 5.74) is 1.08. The second kappa shape index (κ2) is 6.94. The lowest BCUT2D eigenvalue weighted by atomic mass is 9.90. The van der Waals surface area contributed by atoms with Gasteiger partial charge in [-0.3, -0.25) is 0 Å². The summed E-state index contributed by atoms with van der Waals surface area (Å²) in [5.74, 6) is 0.559. The first-order valence-electron chi connectivity index (χ1n) is 7.72. The third kappa shape index (κ3) is 5.05. The summed E-state index contributed by atoms with van der Waals surface area (Å²) in [4.78, 5) is 12.1. The molecule has 4 nitrogen and oxygen atoms in total. The summed E-state index contributed by atoms with van der Waals surface area (Å²) >= 11 is 0. The molecule has 0 bridgehead atoms. The van der Waals surface area contributed by atoms with E-state index < -0.39 is 0 Å². The van der Waals surface area contributed by atoms with Crippen molar-refractivity contribution in [2.45, 2.75) is 39.2 Å². The second-order valence-corrected chi connectivity index (χ2v) is 6.69. The molecule has 21 heavy (non-hydrogen) atoms. The molecule has 1 aliphatic rings. The van der Waals surface area contributed by atoms with E-state index in [1.807, 2.05) is 32.0 Å². The van der Waals surface area contributed by atoms with Gasteiger partial charge in [0.15, 0.2) is 0 Å². The minimum Gasteiger partial charge on any atom is -0.396 e. The zero-order valence-corrected chi connectivity index (χ0v) is 12.9. The number of rotatable bonds is 7. The van der Waals surface area contributed by atoms with E-state index in [1.165, 1.54) is 18.4 Å². The molecule has 1 aromatic rings. The topological polar surface area (TPSA) is 61.4 Å². The normalized spacial score (nSPS) is 16.3. The molecule has 116 valence electrons. The number of urea groups is 1. The molecule has 1 saturated carbocycles. The van der Waals surface area contributed by atoms with Crippen molar-refractivity contribution in [3.8, 4) is 0 Å². The number of carbonyl (C=O) groups is 1. The third-order valence-electron chi connectivity index (χ3n) is 4.05. The molecular weight excluding hydrogens is 264 g/mol. The summed E-state index contributed by atoms with van der Waals surface area (Å²) in [7, 11) is 0. The Kier molecular flexibility index (Phi) is 5.23. The highest BCUT2D eigenvalue weighted by Gasteiger charge is 2.33. The van der Waals surface area contributed by atoms with Crippen LogP contribution in [0, 0.1) is 11.3 Å². The van der Waals surface area contributed by atoms with Crippen LogP contribution in [0.1, 0.15) is 44.7 Å². The Hall–Kier alpha value is -1.55. The van der Waals surface area contributed by atoms with Gasteiger partial charge in [0.25, 0.3) is 0 Å². The van der Waals surface area contributed by atoms with E-state index in [2.05, 4.69) is 22.8 Å². The lowest BCUT2D eigenvalue weighted by molar-refractivity contribution is 0.199. The van der Waals surface area contributed by atoms with Gasteiger partial charge in [-0.15, -0.1) is 0 Å². The van der Waals surface area contributed by atoms with E-state index in [1.54, 1.807) is 0 Å². The van der Waals surface area contributed by atoms with E-state index in [0.29, 0.717) is 18.9 Å². The highest BCUT2D eigenvalue weighted by atomic mass is 16.3. The quantitative estimate of drug-likeness (QED) is 0.723. The van der Waals surface area contributed by atoms with Crippen molar-refractivity contribution in [1.29, 1.82) is 0 Å². The number of benzene rings is 1. The predicted octanol–water partition coefficient (Wildman–Crippen LogP) is 2.85. The first-order chi connectivity index (χ1) is 10.0. The van der Waals surface area contributed by atoms with Crippen molar-refractivity contribution in [1.82, 2.24) is 10.6 Å². The fraction of sp³-hybridized carbons (Fsp3) is 0.588. The molecule has 0 heterocycles. The van der Waals surface area contributed by atoms with Gasteiger partial charge in [0.1, 0.15) is 0 Å². The Morgan fingerprint density at radius 3 is 2.57 bits per heavy atom. The molecule has 4 heteroatoms. The van der Waals surface area contributed by atoms with Crippen LogP contribution in [0.5, 0.6) is 0 Å². The first-order valence-corrected chi connectivity index (χ1v) is 7.72. The number of amides is 2. The van der Waals surface area contributed by atoms with Crippen LogP contribution in [0.25, 0.3) is 0 Å². The standard InChI is InChI=1S/C17H26N2O2/c1-17(2,10-11-20)12-18-16(21)19-15(14-8-9-14)13-6-4-3-5-7-13/h3-7,14-15,20H,8-12H2,1-2H3,(H2,18,19,21). The highest BCUT2D eigenvalue weighted by molar-refractivity contribution is 5.74. The van der Waals surface area contributed by atoms with Gasteiger partial charge >= 0.3 is 6.03 Å².